The summed E-state index contributed by atoms with van der Waals surface area (Å²) < 4.78 is 13.5. The summed E-state index contributed by atoms with van der Waals surface area (Å²) in [6.07, 6.45) is 3.40. The molecule has 10 heteroatoms. The minimum atomic E-state index is -1.23. The van der Waals surface area contributed by atoms with E-state index in [2.05, 4.69) is 15.3 Å². The van der Waals surface area contributed by atoms with Gasteiger partial charge in [0.25, 0.3) is 0 Å². The summed E-state index contributed by atoms with van der Waals surface area (Å²) in [6, 6.07) is 8.24. The molecule has 32 heavy (non-hydrogen) atoms. The molecule has 0 atom stereocenters. The van der Waals surface area contributed by atoms with Gasteiger partial charge >= 0.3 is 6.09 Å². The number of piperidine rings is 1. The lowest BCUT2D eigenvalue weighted by atomic mass is 9.92. The van der Waals surface area contributed by atoms with Crippen molar-refractivity contribution in [2.75, 3.05) is 18.4 Å². The van der Waals surface area contributed by atoms with E-state index in [1.54, 1.807) is 24.4 Å². The molecular weight excluding hydrogens is 433 g/mol. The summed E-state index contributed by atoms with van der Waals surface area (Å²) in [7, 11) is 0. The Hall–Kier alpha value is -3.11. The number of hydrogen-bond donors (Lipinski definition) is 3. The van der Waals surface area contributed by atoms with Crippen LogP contribution in [0.5, 0.6) is 0 Å². The smallest absolute Gasteiger partial charge is 0.407 e. The van der Waals surface area contributed by atoms with Crippen molar-refractivity contribution < 1.29 is 19.4 Å². The SMILES string of the molecule is O=C(O)N1CCC(O)(c2nc(-c3ccc(F)cc3)c(-c3ccnc(NC4CC4)n3)s2)CC1. The Labute approximate surface area is 187 Å². The number of nitrogens with one attached hydrogen (secondary N) is 1. The van der Waals surface area contributed by atoms with E-state index >= 15 is 0 Å². The molecule has 5 rings (SSSR count). The number of aliphatic hydroxyl groups is 1. The van der Waals surface area contributed by atoms with Crippen molar-refractivity contribution in [3.8, 4) is 21.8 Å². The third-order valence-electron chi connectivity index (χ3n) is 5.80. The molecule has 2 aromatic heterocycles. The Morgan fingerprint density at radius 2 is 1.88 bits per heavy atom. The fourth-order valence-electron chi connectivity index (χ4n) is 3.74. The topological polar surface area (TPSA) is 111 Å². The molecule has 0 spiro atoms. The number of rotatable bonds is 5. The van der Waals surface area contributed by atoms with Crippen molar-refractivity contribution in [2.24, 2.45) is 0 Å². The van der Waals surface area contributed by atoms with Crippen molar-refractivity contribution in [3.05, 3.63) is 47.4 Å². The second-order valence-corrected chi connectivity index (χ2v) is 9.19. The maximum Gasteiger partial charge on any atom is 0.407 e. The van der Waals surface area contributed by atoms with E-state index in [0.29, 0.717) is 33.9 Å². The van der Waals surface area contributed by atoms with E-state index in [1.165, 1.54) is 28.4 Å². The number of likely N-dealkylation sites (tertiary alicyclic amines) is 1. The Morgan fingerprint density at radius 1 is 1.16 bits per heavy atom. The maximum atomic E-state index is 13.5. The van der Waals surface area contributed by atoms with Gasteiger partial charge in [-0.2, -0.15) is 0 Å². The maximum absolute atomic E-state index is 13.5. The summed E-state index contributed by atoms with van der Waals surface area (Å²) >= 11 is 1.33. The van der Waals surface area contributed by atoms with Crippen molar-refractivity contribution in [1.82, 2.24) is 19.9 Å². The lowest BCUT2D eigenvalue weighted by Crippen LogP contribution is -2.44. The van der Waals surface area contributed by atoms with E-state index in [4.69, 9.17) is 4.98 Å². The molecule has 166 valence electrons. The molecule has 1 saturated heterocycles. The molecule has 8 nitrogen and oxygen atoms in total. The van der Waals surface area contributed by atoms with E-state index in [1.807, 2.05) is 0 Å². The quantitative estimate of drug-likeness (QED) is 0.534. The van der Waals surface area contributed by atoms with Gasteiger partial charge in [-0.15, -0.1) is 11.3 Å². The number of benzene rings is 1. The van der Waals surface area contributed by atoms with Gasteiger partial charge in [-0.3, -0.25) is 0 Å². The summed E-state index contributed by atoms with van der Waals surface area (Å²) in [5.41, 5.74) is 0.755. The highest BCUT2D eigenvalue weighted by Crippen LogP contribution is 2.43. The third-order valence-corrected chi connectivity index (χ3v) is 7.07. The zero-order chi connectivity index (χ0) is 22.3. The van der Waals surface area contributed by atoms with Crippen molar-refractivity contribution in [2.45, 2.75) is 37.3 Å². The number of carboxylic acid groups (broad SMARTS) is 1. The zero-order valence-corrected chi connectivity index (χ0v) is 18.0. The summed E-state index contributed by atoms with van der Waals surface area (Å²) in [5, 5.41) is 24.3. The highest BCUT2D eigenvalue weighted by Gasteiger charge is 2.39. The minimum Gasteiger partial charge on any atom is -0.465 e. The minimum absolute atomic E-state index is 0.232. The molecule has 0 bridgehead atoms. The Kier molecular flexibility index (Phi) is 5.26. The van der Waals surface area contributed by atoms with Gasteiger partial charge in [0.15, 0.2) is 0 Å². The average Bonchev–Trinajstić information content (AvgIpc) is 3.48. The first kappa shape index (κ1) is 20.8. The number of carbonyl (C=O) groups is 1. The van der Waals surface area contributed by atoms with Crippen LogP contribution < -0.4 is 5.32 Å². The second-order valence-electron chi connectivity index (χ2n) is 8.19. The molecule has 3 aromatic rings. The van der Waals surface area contributed by atoms with E-state index in [-0.39, 0.29) is 31.7 Å². The molecule has 1 saturated carbocycles. The molecule has 2 aliphatic rings. The average molecular weight is 456 g/mol. The summed E-state index contributed by atoms with van der Waals surface area (Å²) in [6.45, 7) is 0.463. The molecule has 1 amide bonds. The van der Waals surface area contributed by atoms with Crippen LogP contribution in [0.15, 0.2) is 36.5 Å². The number of anilines is 1. The summed E-state index contributed by atoms with van der Waals surface area (Å²) in [5.74, 6) is 0.196. The molecule has 3 N–H and O–H groups in total. The van der Waals surface area contributed by atoms with Crippen molar-refractivity contribution >= 4 is 23.4 Å². The predicted octanol–water partition coefficient (Wildman–Crippen LogP) is 3.94. The second kappa shape index (κ2) is 8.10. The third kappa shape index (κ3) is 4.15. The van der Waals surface area contributed by atoms with E-state index in [9.17, 15) is 19.4 Å². The molecule has 1 aliphatic carbocycles. The highest BCUT2D eigenvalue weighted by atomic mass is 32.1. The van der Waals surface area contributed by atoms with Gasteiger partial charge in [0.1, 0.15) is 16.4 Å². The molecule has 0 unspecified atom stereocenters. The molecular formula is C22H22FN5O3S. The van der Waals surface area contributed by atoms with E-state index < -0.39 is 11.7 Å². The van der Waals surface area contributed by atoms with Gasteiger partial charge in [-0.05, 0) is 43.2 Å². The van der Waals surface area contributed by atoms with Crippen LogP contribution in [0.25, 0.3) is 21.8 Å². The number of halogens is 1. The van der Waals surface area contributed by atoms with Crippen LogP contribution in [0.1, 0.15) is 30.7 Å². The summed E-state index contributed by atoms with van der Waals surface area (Å²) in [4.78, 5) is 27.0. The fraction of sp³-hybridized carbons (Fsp3) is 0.364. The zero-order valence-electron chi connectivity index (χ0n) is 17.2. The first-order valence-electron chi connectivity index (χ1n) is 10.5. The van der Waals surface area contributed by atoms with Gasteiger partial charge in [-0.1, -0.05) is 0 Å². The fourth-order valence-corrected chi connectivity index (χ4v) is 4.95. The van der Waals surface area contributed by atoms with Gasteiger partial charge in [0, 0.05) is 43.7 Å². The number of amides is 1. The number of nitrogens with zero attached hydrogens (tertiary/aromatic N) is 4. The molecule has 1 aliphatic heterocycles. The first-order chi connectivity index (χ1) is 15.4. The number of thiazole rings is 1. The lowest BCUT2D eigenvalue weighted by molar-refractivity contribution is -0.0214. The standard InChI is InChI=1S/C22H22FN5O3S/c23-14-3-1-13(2-4-14)17-18(16-7-10-24-20(26-16)25-15-5-6-15)32-19(27-17)22(31)8-11-28(12-9-22)21(29)30/h1-4,7,10,15,31H,5-6,8-9,11-12H2,(H,29,30)(H,24,25,26). The van der Waals surface area contributed by atoms with Gasteiger partial charge in [0.2, 0.25) is 5.95 Å². The van der Waals surface area contributed by atoms with Crippen LogP contribution in [-0.2, 0) is 5.60 Å². The van der Waals surface area contributed by atoms with Crippen LogP contribution in [0.2, 0.25) is 0 Å². The van der Waals surface area contributed by atoms with Crippen LogP contribution in [-0.4, -0.2) is 55.3 Å². The molecule has 2 fully saturated rings. The predicted molar refractivity (Wildman–Crippen MR) is 118 cm³/mol. The van der Waals surface area contributed by atoms with Crippen molar-refractivity contribution in [1.29, 1.82) is 0 Å². The van der Waals surface area contributed by atoms with Gasteiger partial charge in [-0.25, -0.2) is 24.1 Å². The molecule has 1 aromatic carbocycles. The van der Waals surface area contributed by atoms with Crippen LogP contribution >= 0.6 is 11.3 Å². The largest absolute Gasteiger partial charge is 0.465 e. The van der Waals surface area contributed by atoms with Crippen LogP contribution in [0.3, 0.4) is 0 Å². The van der Waals surface area contributed by atoms with Gasteiger partial charge in [0.05, 0.1) is 16.3 Å². The normalized spacial score (nSPS) is 17.9. The number of hydrogen-bond acceptors (Lipinski definition) is 7. The van der Waals surface area contributed by atoms with Crippen LogP contribution in [0.4, 0.5) is 15.1 Å². The highest BCUT2D eigenvalue weighted by molar-refractivity contribution is 7.15. The van der Waals surface area contributed by atoms with Crippen molar-refractivity contribution in [3.63, 3.8) is 0 Å². The molecule has 3 heterocycles. The van der Waals surface area contributed by atoms with E-state index in [0.717, 1.165) is 17.7 Å². The molecule has 0 radical (unpaired) electrons. The lowest BCUT2D eigenvalue weighted by Gasteiger charge is -2.35. The Balaban J connectivity index is 1.54. The number of aromatic nitrogens is 3. The van der Waals surface area contributed by atoms with Crippen LogP contribution in [0, 0.1) is 5.82 Å². The monoisotopic (exact) mass is 455 g/mol. The Bertz CT molecular complexity index is 1140. The first-order valence-corrected chi connectivity index (χ1v) is 11.3. The van der Waals surface area contributed by atoms with Gasteiger partial charge < -0.3 is 20.4 Å². The Morgan fingerprint density at radius 3 is 2.53 bits per heavy atom.